The van der Waals surface area contributed by atoms with E-state index in [0.29, 0.717) is 13.1 Å². The average molecular weight is 288 g/mol. The molecule has 6 nitrogen and oxygen atoms in total. The molecule has 0 unspecified atom stereocenters. The molecule has 0 fully saturated rings. The molecular formula is C12H24N4O2S. The summed E-state index contributed by atoms with van der Waals surface area (Å²) in [5.41, 5.74) is 5.01. The van der Waals surface area contributed by atoms with Crippen LogP contribution in [-0.2, 0) is 16.6 Å². The van der Waals surface area contributed by atoms with Gasteiger partial charge in [0.2, 0.25) is 10.0 Å². The molecule has 0 aliphatic heterocycles. The zero-order chi connectivity index (χ0) is 14.7. The van der Waals surface area contributed by atoms with Gasteiger partial charge in [-0.3, -0.25) is 4.68 Å². The summed E-state index contributed by atoms with van der Waals surface area (Å²) in [6.45, 7) is 6.97. The van der Waals surface area contributed by atoms with Crippen molar-refractivity contribution < 1.29 is 8.42 Å². The SMILES string of the molecule is CCC(C)(C)N(C)S(=O)(=O)c1cnn(CCCN)c1. The fraction of sp³-hybridized carbons (Fsp3) is 0.750. The third kappa shape index (κ3) is 3.55. The first kappa shape index (κ1) is 16.1. The van der Waals surface area contributed by atoms with Crippen LogP contribution < -0.4 is 5.73 Å². The van der Waals surface area contributed by atoms with Gasteiger partial charge in [0.15, 0.2) is 0 Å². The van der Waals surface area contributed by atoms with Crippen molar-refractivity contribution in [1.82, 2.24) is 14.1 Å². The van der Waals surface area contributed by atoms with Gasteiger partial charge in [0, 0.05) is 25.3 Å². The second-order valence-corrected chi connectivity index (χ2v) is 7.19. The minimum atomic E-state index is -3.49. The van der Waals surface area contributed by atoms with Crippen molar-refractivity contribution >= 4 is 10.0 Å². The highest BCUT2D eigenvalue weighted by molar-refractivity contribution is 7.89. The molecule has 110 valence electrons. The van der Waals surface area contributed by atoms with Crippen LogP contribution in [0.25, 0.3) is 0 Å². The molecule has 7 heteroatoms. The maximum atomic E-state index is 12.5. The fourth-order valence-electron chi connectivity index (χ4n) is 1.56. The van der Waals surface area contributed by atoms with Gasteiger partial charge in [0.25, 0.3) is 0 Å². The standard InChI is InChI=1S/C12H24N4O2S/c1-5-12(2,3)15(4)19(17,18)11-9-14-16(10-11)8-6-7-13/h9-10H,5-8,13H2,1-4H3. The van der Waals surface area contributed by atoms with Gasteiger partial charge in [-0.25, -0.2) is 8.42 Å². The Bertz CT molecular complexity index is 508. The minimum Gasteiger partial charge on any atom is -0.330 e. The first-order valence-electron chi connectivity index (χ1n) is 6.47. The molecule has 0 aromatic carbocycles. The van der Waals surface area contributed by atoms with Crippen LogP contribution in [0.2, 0.25) is 0 Å². The molecule has 1 rings (SSSR count). The highest BCUT2D eigenvalue weighted by Crippen LogP contribution is 2.24. The molecule has 0 spiro atoms. The van der Waals surface area contributed by atoms with Gasteiger partial charge in [0.05, 0.1) is 6.20 Å². The summed E-state index contributed by atoms with van der Waals surface area (Å²) < 4.78 is 28.0. The summed E-state index contributed by atoms with van der Waals surface area (Å²) in [7, 11) is -1.89. The van der Waals surface area contributed by atoms with E-state index in [0.717, 1.165) is 12.8 Å². The normalized spacial score (nSPS) is 13.2. The van der Waals surface area contributed by atoms with E-state index in [1.54, 1.807) is 17.9 Å². The van der Waals surface area contributed by atoms with E-state index in [1.807, 2.05) is 20.8 Å². The molecule has 0 saturated heterocycles. The second-order valence-electron chi connectivity index (χ2n) is 5.22. The van der Waals surface area contributed by atoms with Crippen molar-refractivity contribution in [2.75, 3.05) is 13.6 Å². The van der Waals surface area contributed by atoms with Crippen LogP contribution in [0.3, 0.4) is 0 Å². The third-order valence-electron chi connectivity index (χ3n) is 3.58. The third-order valence-corrected chi connectivity index (χ3v) is 5.60. The van der Waals surface area contributed by atoms with Crippen LogP contribution in [-0.4, -0.2) is 41.6 Å². The summed E-state index contributed by atoms with van der Waals surface area (Å²) in [4.78, 5) is 0.230. The average Bonchev–Trinajstić information content (AvgIpc) is 2.84. The van der Waals surface area contributed by atoms with Crippen molar-refractivity contribution in [1.29, 1.82) is 0 Å². The lowest BCUT2D eigenvalue weighted by Gasteiger charge is -2.33. The monoisotopic (exact) mass is 288 g/mol. The number of rotatable bonds is 7. The zero-order valence-electron chi connectivity index (χ0n) is 12.1. The molecule has 2 N–H and O–H groups in total. The Hall–Kier alpha value is -0.920. The Morgan fingerprint density at radius 2 is 2.11 bits per heavy atom. The second kappa shape index (κ2) is 6.02. The number of aryl methyl sites for hydroxylation is 1. The topological polar surface area (TPSA) is 81.2 Å². The van der Waals surface area contributed by atoms with Crippen LogP contribution in [0.4, 0.5) is 0 Å². The Morgan fingerprint density at radius 1 is 1.47 bits per heavy atom. The Balaban J connectivity index is 2.97. The molecule has 0 aliphatic rings. The highest BCUT2D eigenvalue weighted by atomic mass is 32.2. The van der Waals surface area contributed by atoms with Crippen LogP contribution >= 0.6 is 0 Å². The largest absolute Gasteiger partial charge is 0.330 e. The van der Waals surface area contributed by atoms with Crippen molar-refractivity contribution in [2.24, 2.45) is 5.73 Å². The van der Waals surface area contributed by atoms with E-state index in [2.05, 4.69) is 5.10 Å². The lowest BCUT2D eigenvalue weighted by molar-refractivity contribution is 0.257. The van der Waals surface area contributed by atoms with E-state index < -0.39 is 15.6 Å². The maximum Gasteiger partial charge on any atom is 0.246 e. The quantitative estimate of drug-likeness (QED) is 0.813. The first-order chi connectivity index (χ1) is 8.75. The number of nitrogens with zero attached hydrogens (tertiary/aromatic N) is 3. The first-order valence-corrected chi connectivity index (χ1v) is 7.91. The summed E-state index contributed by atoms with van der Waals surface area (Å²) >= 11 is 0. The lowest BCUT2D eigenvalue weighted by Crippen LogP contribution is -2.44. The fourth-order valence-corrected chi connectivity index (χ4v) is 3.09. The summed E-state index contributed by atoms with van der Waals surface area (Å²) in [6.07, 6.45) is 4.48. The predicted molar refractivity (Wildman–Crippen MR) is 75.2 cm³/mol. The lowest BCUT2D eigenvalue weighted by atomic mass is 10.0. The van der Waals surface area contributed by atoms with Gasteiger partial charge in [-0.1, -0.05) is 6.92 Å². The molecule has 19 heavy (non-hydrogen) atoms. The van der Waals surface area contributed by atoms with Gasteiger partial charge in [-0.15, -0.1) is 0 Å². The smallest absolute Gasteiger partial charge is 0.246 e. The molecule has 1 heterocycles. The number of sulfonamides is 1. The molecule has 0 bridgehead atoms. The van der Waals surface area contributed by atoms with Crippen LogP contribution in [0.5, 0.6) is 0 Å². The molecule has 0 radical (unpaired) electrons. The van der Waals surface area contributed by atoms with Crippen molar-refractivity contribution in [3.8, 4) is 0 Å². The van der Waals surface area contributed by atoms with Crippen molar-refractivity contribution in [2.45, 2.75) is 50.6 Å². The van der Waals surface area contributed by atoms with Gasteiger partial charge < -0.3 is 5.73 Å². The number of nitrogens with two attached hydrogens (primary N) is 1. The minimum absolute atomic E-state index is 0.230. The van der Waals surface area contributed by atoms with E-state index in [9.17, 15) is 8.42 Å². The van der Waals surface area contributed by atoms with Gasteiger partial charge >= 0.3 is 0 Å². The van der Waals surface area contributed by atoms with E-state index in [4.69, 9.17) is 5.73 Å². The molecule has 1 aromatic heterocycles. The van der Waals surface area contributed by atoms with E-state index in [1.165, 1.54) is 10.5 Å². The van der Waals surface area contributed by atoms with Crippen LogP contribution in [0, 0.1) is 0 Å². The molecular weight excluding hydrogens is 264 g/mol. The summed E-state index contributed by atoms with van der Waals surface area (Å²) in [6, 6.07) is 0. The predicted octanol–water partition coefficient (Wildman–Crippen LogP) is 1.04. The van der Waals surface area contributed by atoms with Crippen molar-refractivity contribution in [3.05, 3.63) is 12.4 Å². The molecule has 1 aromatic rings. The highest BCUT2D eigenvalue weighted by Gasteiger charge is 2.33. The maximum absolute atomic E-state index is 12.5. The van der Waals surface area contributed by atoms with E-state index in [-0.39, 0.29) is 4.90 Å². The number of hydrogen-bond donors (Lipinski definition) is 1. The summed E-state index contributed by atoms with van der Waals surface area (Å²) in [5.74, 6) is 0. The Kier molecular flexibility index (Phi) is 5.11. The molecule has 0 atom stereocenters. The van der Waals surface area contributed by atoms with E-state index >= 15 is 0 Å². The molecule has 0 amide bonds. The van der Waals surface area contributed by atoms with Gasteiger partial charge in [-0.2, -0.15) is 9.40 Å². The van der Waals surface area contributed by atoms with Gasteiger partial charge in [-0.05, 0) is 33.2 Å². The molecule has 0 aliphatic carbocycles. The molecule has 0 saturated carbocycles. The Labute approximate surface area is 115 Å². The van der Waals surface area contributed by atoms with Gasteiger partial charge in [0.1, 0.15) is 4.90 Å². The number of aromatic nitrogens is 2. The van der Waals surface area contributed by atoms with Crippen molar-refractivity contribution in [3.63, 3.8) is 0 Å². The van der Waals surface area contributed by atoms with Crippen LogP contribution in [0.15, 0.2) is 17.3 Å². The van der Waals surface area contributed by atoms with Crippen LogP contribution in [0.1, 0.15) is 33.6 Å². The number of hydrogen-bond acceptors (Lipinski definition) is 4. The zero-order valence-corrected chi connectivity index (χ0v) is 12.9. The Morgan fingerprint density at radius 3 is 2.63 bits per heavy atom. The summed E-state index contributed by atoms with van der Waals surface area (Å²) in [5, 5.41) is 4.07.